The maximum atomic E-state index is 13.9. The SMILES string of the molecule is CCc1nnc(N2CCN(C(=O)c3ccc(F)cc3F)CC2)c(C#N)c1CC. The van der Waals surface area contributed by atoms with Crippen molar-refractivity contribution in [3.63, 3.8) is 0 Å². The Morgan fingerprint density at radius 3 is 2.43 bits per heavy atom. The van der Waals surface area contributed by atoms with E-state index in [1.165, 1.54) is 4.90 Å². The highest BCUT2D eigenvalue weighted by atomic mass is 19.1. The molecule has 1 amide bonds. The molecule has 1 aliphatic rings. The first-order chi connectivity index (χ1) is 13.5. The monoisotopic (exact) mass is 385 g/mol. The average Bonchev–Trinajstić information content (AvgIpc) is 2.72. The number of rotatable bonds is 4. The van der Waals surface area contributed by atoms with Gasteiger partial charge in [-0.2, -0.15) is 10.4 Å². The molecule has 1 saturated heterocycles. The van der Waals surface area contributed by atoms with E-state index < -0.39 is 17.5 Å². The van der Waals surface area contributed by atoms with E-state index in [0.717, 1.165) is 23.4 Å². The van der Waals surface area contributed by atoms with Crippen LogP contribution in [0, 0.1) is 23.0 Å². The van der Waals surface area contributed by atoms with Crippen molar-refractivity contribution in [2.75, 3.05) is 31.1 Å². The summed E-state index contributed by atoms with van der Waals surface area (Å²) in [5.74, 6) is -1.53. The number of hydrogen-bond acceptors (Lipinski definition) is 5. The van der Waals surface area contributed by atoms with Crippen molar-refractivity contribution in [2.45, 2.75) is 26.7 Å². The standard InChI is InChI=1S/C20H21F2N5O/c1-3-14-16(12-23)19(25-24-18(14)4-2)26-7-9-27(10-8-26)20(28)15-6-5-13(21)11-17(15)22/h5-6,11H,3-4,7-10H2,1-2H3. The van der Waals surface area contributed by atoms with Gasteiger partial charge in [-0.15, -0.1) is 5.10 Å². The molecule has 1 aromatic heterocycles. The van der Waals surface area contributed by atoms with Crippen molar-refractivity contribution in [3.05, 3.63) is 52.2 Å². The minimum atomic E-state index is -0.868. The number of hydrogen-bond donors (Lipinski definition) is 0. The second-order valence-electron chi connectivity index (χ2n) is 6.55. The zero-order valence-corrected chi connectivity index (χ0v) is 15.9. The van der Waals surface area contributed by atoms with Gasteiger partial charge in [0, 0.05) is 32.2 Å². The molecule has 2 aromatic rings. The number of carbonyl (C=O) groups excluding carboxylic acids is 1. The number of halogens is 2. The van der Waals surface area contributed by atoms with E-state index in [-0.39, 0.29) is 5.56 Å². The van der Waals surface area contributed by atoms with Crippen molar-refractivity contribution >= 4 is 11.7 Å². The summed E-state index contributed by atoms with van der Waals surface area (Å²) in [4.78, 5) is 16.0. The Morgan fingerprint density at radius 1 is 1.14 bits per heavy atom. The average molecular weight is 385 g/mol. The molecule has 0 unspecified atom stereocenters. The molecule has 1 fully saturated rings. The molecule has 0 spiro atoms. The molecule has 3 rings (SSSR count). The Bertz CT molecular complexity index is 933. The predicted molar refractivity (Wildman–Crippen MR) is 100.0 cm³/mol. The number of nitriles is 1. The molecule has 0 saturated carbocycles. The first-order valence-corrected chi connectivity index (χ1v) is 9.27. The van der Waals surface area contributed by atoms with Gasteiger partial charge in [-0.25, -0.2) is 8.78 Å². The number of amides is 1. The van der Waals surface area contributed by atoms with Crippen LogP contribution >= 0.6 is 0 Å². The summed E-state index contributed by atoms with van der Waals surface area (Å²) < 4.78 is 27.0. The van der Waals surface area contributed by atoms with Crippen molar-refractivity contribution < 1.29 is 13.6 Å². The lowest BCUT2D eigenvalue weighted by Gasteiger charge is -2.35. The molecule has 146 valence electrons. The first-order valence-electron chi connectivity index (χ1n) is 9.27. The Hall–Kier alpha value is -3.08. The normalized spacial score (nSPS) is 14.1. The number of carbonyl (C=O) groups is 1. The molecule has 0 aliphatic carbocycles. The lowest BCUT2D eigenvalue weighted by Crippen LogP contribution is -2.49. The van der Waals surface area contributed by atoms with Gasteiger partial charge >= 0.3 is 0 Å². The van der Waals surface area contributed by atoms with E-state index in [2.05, 4.69) is 16.3 Å². The molecule has 28 heavy (non-hydrogen) atoms. The molecule has 1 aliphatic heterocycles. The fourth-order valence-electron chi connectivity index (χ4n) is 3.46. The van der Waals surface area contributed by atoms with E-state index in [1.54, 1.807) is 0 Å². The highest BCUT2D eigenvalue weighted by Crippen LogP contribution is 2.24. The molecule has 0 N–H and O–H groups in total. The van der Waals surface area contributed by atoms with Crippen LogP contribution < -0.4 is 4.90 Å². The summed E-state index contributed by atoms with van der Waals surface area (Å²) in [5, 5.41) is 18.2. The van der Waals surface area contributed by atoms with E-state index in [4.69, 9.17) is 0 Å². The summed E-state index contributed by atoms with van der Waals surface area (Å²) >= 11 is 0. The third kappa shape index (κ3) is 3.65. The Kier molecular flexibility index (Phi) is 5.83. The molecular formula is C20H21F2N5O. The molecular weight excluding hydrogens is 364 g/mol. The van der Waals surface area contributed by atoms with Crippen LogP contribution in [0.1, 0.15) is 41.0 Å². The van der Waals surface area contributed by atoms with Crippen molar-refractivity contribution in [2.24, 2.45) is 0 Å². The predicted octanol–water partition coefficient (Wildman–Crippen LogP) is 2.71. The minimum Gasteiger partial charge on any atom is -0.350 e. The zero-order chi connectivity index (χ0) is 20.3. The van der Waals surface area contributed by atoms with Gasteiger partial charge in [0.25, 0.3) is 5.91 Å². The van der Waals surface area contributed by atoms with Crippen LogP contribution in [0.4, 0.5) is 14.6 Å². The summed E-state index contributed by atoms with van der Waals surface area (Å²) in [6, 6.07) is 5.19. The molecule has 8 heteroatoms. The Labute approximate surface area is 162 Å². The van der Waals surface area contributed by atoms with Gasteiger partial charge in [-0.1, -0.05) is 13.8 Å². The van der Waals surface area contributed by atoms with Gasteiger partial charge in [0.2, 0.25) is 0 Å². The van der Waals surface area contributed by atoms with Crippen LogP contribution in [0.3, 0.4) is 0 Å². The quantitative estimate of drug-likeness (QED) is 0.809. The molecule has 1 aromatic carbocycles. The topological polar surface area (TPSA) is 73.1 Å². The van der Waals surface area contributed by atoms with Gasteiger partial charge in [-0.05, 0) is 30.5 Å². The van der Waals surface area contributed by atoms with Crippen LogP contribution in [-0.4, -0.2) is 47.2 Å². The number of anilines is 1. The highest BCUT2D eigenvalue weighted by Gasteiger charge is 2.27. The maximum Gasteiger partial charge on any atom is 0.256 e. The fourth-order valence-corrected chi connectivity index (χ4v) is 3.46. The van der Waals surface area contributed by atoms with Crippen molar-refractivity contribution in [3.8, 4) is 6.07 Å². The molecule has 0 bridgehead atoms. The van der Waals surface area contributed by atoms with Crippen molar-refractivity contribution in [1.82, 2.24) is 15.1 Å². The maximum absolute atomic E-state index is 13.9. The third-order valence-electron chi connectivity index (χ3n) is 4.97. The van der Waals surface area contributed by atoms with E-state index >= 15 is 0 Å². The van der Waals surface area contributed by atoms with Crippen LogP contribution in [0.5, 0.6) is 0 Å². The molecule has 0 radical (unpaired) electrons. The second-order valence-corrected chi connectivity index (χ2v) is 6.55. The largest absolute Gasteiger partial charge is 0.350 e. The summed E-state index contributed by atoms with van der Waals surface area (Å²) in [6.45, 7) is 5.55. The molecule has 0 atom stereocenters. The van der Waals surface area contributed by atoms with Crippen molar-refractivity contribution in [1.29, 1.82) is 5.26 Å². The van der Waals surface area contributed by atoms with Gasteiger partial charge in [-0.3, -0.25) is 4.79 Å². The minimum absolute atomic E-state index is 0.145. The summed E-state index contributed by atoms with van der Waals surface area (Å²) in [7, 11) is 0. The number of aryl methyl sites for hydroxylation is 1. The lowest BCUT2D eigenvalue weighted by atomic mass is 10.0. The van der Waals surface area contributed by atoms with Gasteiger partial charge in [0.1, 0.15) is 23.3 Å². The van der Waals surface area contributed by atoms with Crippen LogP contribution in [0.25, 0.3) is 0 Å². The van der Waals surface area contributed by atoms with E-state index in [0.29, 0.717) is 56.5 Å². The third-order valence-corrected chi connectivity index (χ3v) is 4.97. The van der Waals surface area contributed by atoms with Crippen LogP contribution in [0.15, 0.2) is 18.2 Å². The number of nitrogens with zero attached hydrogens (tertiary/aromatic N) is 5. The fraction of sp³-hybridized carbons (Fsp3) is 0.400. The zero-order valence-electron chi connectivity index (χ0n) is 15.9. The van der Waals surface area contributed by atoms with E-state index in [9.17, 15) is 18.8 Å². The number of benzene rings is 1. The molecule has 6 nitrogen and oxygen atoms in total. The lowest BCUT2D eigenvalue weighted by molar-refractivity contribution is 0.0741. The Balaban J connectivity index is 1.77. The van der Waals surface area contributed by atoms with Gasteiger partial charge < -0.3 is 9.80 Å². The summed E-state index contributed by atoms with van der Waals surface area (Å²) in [5.41, 5.74) is 2.11. The van der Waals surface area contributed by atoms with Gasteiger partial charge in [0.05, 0.1) is 11.3 Å². The van der Waals surface area contributed by atoms with Crippen LogP contribution in [-0.2, 0) is 12.8 Å². The molecule has 2 heterocycles. The number of piperazine rings is 1. The van der Waals surface area contributed by atoms with Gasteiger partial charge in [0.15, 0.2) is 5.82 Å². The van der Waals surface area contributed by atoms with Crippen LogP contribution in [0.2, 0.25) is 0 Å². The summed E-state index contributed by atoms with van der Waals surface area (Å²) in [6.07, 6.45) is 1.40. The first kappa shape index (κ1) is 19.7. The second kappa shape index (κ2) is 8.30. The number of aromatic nitrogens is 2. The van der Waals surface area contributed by atoms with E-state index in [1.807, 2.05) is 18.7 Å². The highest BCUT2D eigenvalue weighted by molar-refractivity contribution is 5.94. The Morgan fingerprint density at radius 2 is 1.86 bits per heavy atom. The smallest absolute Gasteiger partial charge is 0.256 e.